The van der Waals surface area contributed by atoms with Crippen LogP contribution in [-0.2, 0) is 9.53 Å². The van der Waals surface area contributed by atoms with Crippen LogP contribution in [0, 0.1) is 27.2 Å². The van der Waals surface area contributed by atoms with Crippen molar-refractivity contribution in [3.05, 3.63) is 129 Å². The number of nitro benzene ring substituents is 2. The number of esters is 1. The van der Waals surface area contributed by atoms with Crippen molar-refractivity contribution in [2.45, 2.75) is 26.8 Å². The van der Waals surface area contributed by atoms with Gasteiger partial charge in [0.15, 0.2) is 16.3 Å². The lowest BCUT2D eigenvalue weighted by Gasteiger charge is -2.24. The Bertz CT molecular complexity index is 2060. The number of benzene rings is 3. The Hall–Kier alpha value is -5.63. The number of aryl methyl sites for hydroxylation is 1. The monoisotopic (exact) mass is 630 g/mol. The number of hydrogen-bond donors (Lipinski definition) is 0. The molecule has 0 bridgehead atoms. The van der Waals surface area contributed by atoms with E-state index in [0.29, 0.717) is 20.6 Å². The van der Waals surface area contributed by atoms with Gasteiger partial charge in [-0.2, -0.15) is 0 Å². The molecule has 5 rings (SSSR count). The number of non-ortho nitro benzene ring substituents is 1. The van der Waals surface area contributed by atoms with Crippen LogP contribution in [-0.4, -0.2) is 34.1 Å². The number of fused-ring (bicyclic) bond motifs is 1. The summed E-state index contributed by atoms with van der Waals surface area (Å²) in [5, 5.41) is 22.6. The average Bonchev–Trinajstić information content (AvgIpc) is 3.31. The number of nitrogens with zero attached hydrogens (tertiary/aromatic N) is 4. The van der Waals surface area contributed by atoms with Gasteiger partial charge in [-0.1, -0.05) is 47.2 Å². The molecular formula is C31H26N4O9S. The second-order valence-electron chi connectivity index (χ2n) is 9.89. The SMILES string of the molecule is CCOC(=O)C1=C(C)N=c2s/c(=C\c3ccc(Oc4ccc([N+](=O)[O-])cc4[N+](=O)[O-])c(OC)c3)c(=O)n2[C@H]1c1ccc(C)cc1. The highest BCUT2D eigenvalue weighted by Crippen LogP contribution is 2.38. The van der Waals surface area contributed by atoms with Crippen molar-refractivity contribution in [2.24, 2.45) is 4.99 Å². The molecule has 0 saturated carbocycles. The van der Waals surface area contributed by atoms with Crippen LogP contribution in [0.3, 0.4) is 0 Å². The summed E-state index contributed by atoms with van der Waals surface area (Å²) in [5.74, 6) is -0.453. The Morgan fingerprint density at radius 2 is 1.71 bits per heavy atom. The zero-order chi connectivity index (χ0) is 32.4. The molecule has 1 aromatic heterocycles. The van der Waals surface area contributed by atoms with E-state index in [1.807, 2.05) is 31.2 Å². The molecule has 0 radical (unpaired) electrons. The second-order valence-corrected chi connectivity index (χ2v) is 10.9. The van der Waals surface area contributed by atoms with Crippen molar-refractivity contribution in [3.8, 4) is 17.2 Å². The number of aromatic nitrogens is 1. The maximum absolute atomic E-state index is 13.9. The summed E-state index contributed by atoms with van der Waals surface area (Å²) in [6.45, 7) is 5.53. The van der Waals surface area contributed by atoms with Crippen molar-refractivity contribution in [3.63, 3.8) is 0 Å². The van der Waals surface area contributed by atoms with Crippen LogP contribution < -0.4 is 24.4 Å². The van der Waals surface area contributed by atoms with Crippen LogP contribution in [0.4, 0.5) is 11.4 Å². The summed E-state index contributed by atoms with van der Waals surface area (Å²) >= 11 is 1.16. The zero-order valence-electron chi connectivity index (χ0n) is 24.5. The van der Waals surface area contributed by atoms with Gasteiger partial charge in [0.05, 0.1) is 51.5 Å². The minimum atomic E-state index is -0.776. The maximum Gasteiger partial charge on any atom is 0.338 e. The molecule has 0 amide bonds. The fraction of sp³-hybridized carbons (Fsp3) is 0.194. The molecule has 0 saturated heterocycles. The summed E-state index contributed by atoms with van der Waals surface area (Å²) in [6, 6.07) is 14.6. The highest BCUT2D eigenvalue weighted by molar-refractivity contribution is 7.07. The van der Waals surface area contributed by atoms with Crippen LogP contribution in [0.25, 0.3) is 6.08 Å². The standard InChI is InChI=1S/C31H26N4O9S/c1-5-43-30(37)27-18(3)32-31-33(28(27)20-9-6-17(2)7-10-20)29(36)26(45-31)15-19-8-12-24(25(14-19)42-4)44-23-13-11-21(34(38)39)16-22(23)35(40)41/h6-16,28H,5H2,1-4H3/b26-15-/t28-/m0/s1. The number of hydrogen-bond acceptors (Lipinski definition) is 11. The average molecular weight is 631 g/mol. The minimum Gasteiger partial charge on any atom is -0.493 e. The van der Waals surface area contributed by atoms with E-state index in [1.54, 1.807) is 32.1 Å². The van der Waals surface area contributed by atoms with E-state index < -0.39 is 33.2 Å². The van der Waals surface area contributed by atoms with Gasteiger partial charge in [-0.3, -0.25) is 29.6 Å². The van der Waals surface area contributed by atoms with Gasteiger partial charge in [0.2, 0.25) is 5.75 Å². The summed E-state index contributed by atoms with van der Waals surface area (Å²) in [7, 11) is 1.38. The van der Waals surface area contributed by atoms with Gasteiger partial charge in [0.25, 0.3) is 11.2 Å². The van der Waals surface area contributed by atoms with Gasteiger partial charge in [0, 0.05) is 6.07 Å². The Morgan fingerprint density at radius 1 is 1.00 bits per heavy atom. The number of thiazole rings is 1. The smallest absolute Gasteiger partial charge is 0.338 e. The van der Waals surface area contributed by atoms with Crippen LogP contribution in [0.15, 0.2) is 81.7 Å². The molecule has 0 aliphatic carbocycles. The Kier molecular flexibility index (Phi) is 8.59. The highest BCUT2D eigenvalue weighted by atomic mass is 32.1. The number of carbonyl (C=O) groups is 1. The van der Waals surface area contributed by atoms with Gasteiger partial charge >= 0.3 is 11.7 Å². The summed E-state index contributed by atoms with van der Waals surface area (Å²) < 4.78 is 18.3. The van der Waals surface area contributed by atoms with Crippen molar-refractivity contribution < 1.29 is 28.9 Å². The highest BCUT2D eigenvalue weighted by Gasteiger charge is 2.33. The molecule has 1 aliphatic rings. The normalized spacial score (nSPS) is 14.4. The largest absolute Gasteiger partial charge is 0.493 e. The van der Waals surface area contributed by atoms with Gasteiger partial charge in [-0.15, -0.1) is 0 Å². The van der Waals surface area contributed by atoms with E-state index in [2.05, 4.69) is 4.99 Å². The van der Waals surface area contributed by atoms with Crippen molar-refractivity contribution in [2.75, 3.05) is 13.7 Å². The molecule has 13 nitrogen and oxygen atoms in total. The second kappa shape index (κ2) is 12.5. The predicted molar refractivity (Wildman–Crippen MR) is 164 cm³/mol. The zero-order valence-corrected chi connectivity index (χ0v) is 25.3. The van der Waals surface area contributed by atoms with Crippen molar-refractivity contribution in [1.82, 2.24) is 4.57 Å². The lowest BCUT2D eigenvalue weighted by atomic mass is 9.95. The molecule has 230 valence electrons. The number of allylic oxidation sites excluding steroid dienone is 1. The first-order chi connectivity index (χ1) is 21.5. The molecule has 14 heteroatoms. The Labute approximate surface area is 259 Å². The number of ether oxygens (including phenoxy) is 3. The molecule has 0 unspecified atom stereocenters. The Morgan fingerprint density at radius 3 is 2.36 bits per heavy atom. The maximum atomic E-state index is 13.9. The summed E-state index contributed by atoms with van der Waals surface area (Å²) in [5.41, 5.74) is 1.64. The summed E-state index contributed by atoms with van der Waals surface area (Å²) in [6.07, 6.45) is 1.64. The predicted octanol–water partition coefficient (Wildman–Crippen LogP) is 4.72. The van der Waals surface area contributed by atoms with Gasteiger partial charge < -0.3 is 14.2 Å². The van der Waals surface area contributed by atoms with Gasteiger partial charge in [-0.25, -0.2) is 9.79 Å². The van der Waals surface area contributed by atoms with Crippen LogP contribution in [0.5, 0.6) is 17.2 Å². The quantitative estimate of drug-likeness (QED) is 0.144. The number of rotatable bonds is 9. The van der Waals surface area contributed by atoms with E-state index in [4.69, 9.17) is 14.2 Å². The van der Waals surface area contributed by atoms with E-state index >= 15 is 0 Å². The molecule has 0 spiro atoms. The third-order valence-corrected chi connectivity index (χ3v) is 7.95. The fourth-order valence-corrected chi connectivity index (χ4v) is 5.88. The lowest BCUT2D eigenvalue weighted by Crippen LogP contribution is -2.39. The topological polar surface area (TPSA) is 165 Å². The Balaban J connectivity index is 1.57. The van der Waals surface area contributed by atoms with Crippen molar-refractivity contribution in [1.29, 1.82) is 0 Å². The summed E-state index contributed by atoms with van der Waals surface area (Å²) in [4.78, 5) is 53.1. The molecule has 3 aromatic carbocycles. The molecule has 45 heavy (non-hydrogen) atoms. The van der Waals surface area contributed by atoms with E-state index in [9.17, 15) is 29.8 Å². The van der Waals surface area contributed by atoms with E-state index in [-0.39, 0.29) is 35.0 Å². The first-order valence-corrected chi connectivity index (χ1v) is 14.4. The fourth-order valence-electron chi connectivity index (χ4n) is 4.83. The molecular weight excluding hydrogens is 604 g/mol. The van der Waals surface area contributed by atoms with Crippen LogP contribution in [0.2, 0.25) is 0 Å². The van der Waals surface area contributed by atoms with Gasteiger partial charge in [-0.05, 0) is 56.2 Å². The molecule has 1 atom stereocenters. The minimum absolute atomic E-state index is 0.113. The van der Waals surface area contributed by atoms with E-state index in [0.717, 1.165) is 40.7 Å². The molecule has 4 aromatic rings. The first-order valence-electron chi connectivity index (χ1n) is 13.6. The van der Waals surface area contributed by atoms with Crippen LogP contribution >= 0.6 is 11.3 Å². The number of methoxy groups -OCH3 is 1. The number of carbonyl (C=O) groups excluding carboxylic acids is 1. The molecule has 1 aliphatic heterocycles. The van der Waals surface area contributed by atoms with Crippen molar-refractivity contribution >= 4 is 34.8 Å². The lowest BCUT2D eigenvalue weighted by molar-refractivity contribution is -0.394. The van der Waals surface area contributed by atoms with Gasteiger partial charge in [0.1, 0.15) is 0 Å². The first kappa shape index (κ1) is 30.8. The van der Waals surface area contributed by atoms with Crippen LogP contribution in [0.1, 0.15) is 36.6 Å². The number of nitro groups is 2. The molecule has 0 fully saturated rings. The molecule has 2 heterocycles. The third kappa shape index (κ3) is 6.08. The molecule has 0 N–H and O–H groups in total. The third-order valence-electron chi connectivity index (χ3n) is 6.97. The van der Waals surface area contributed by atoms with E-state index in [1.165, 1.54) is 17.7 Å².